The van der Waals surface area contributed by atoms with Gasteiger partial charge in [-0.15, -0.1) is 0 Å². The zero-order valence-electron chi connectivity index (χ0n) is 12.1. The molecular formula is C15H20ClN3O. The molecule has 1 aromatic heterocycles. The van der Waals surface area contributed by atoms with E-state index >= 15 is 0 Å². The Morgan fingerprint density at radius 3 is 2.45 bits per heavy atom. The lowest BCUT2D eigenvalue weighted by Crippen LogP contribution is -2.26. The van der Waals surface area contributed by atoms with Crippen LogP contribution in [0.4, 0.5) is 0 Å². The summed E-state index contributed by atoms with van der Waals surface area (Å²) in [6.45, 7) is 1.90. The van der Waals surface area contributed by atoms with Crippen LogP contribution in [0, 0.1) is 6.92 Å². The molecule has 108 valence electrons. The molecule has 1 heterocycles. The number of ether oxygens (including phenoxy) is 1. The van der Waals surface area contributed by atoms with Crippen LogP contribution in [0.25, 0.3) is 0 Å². The SMILES string of the molecule is COc1ccc(CC(N)Cc2c(Cl)c(C)nn2C)cc1. The Labute approximate surface area is 124 Å². The van der Waals surface area contributed by atoms with Crippen LogP contribution in [0.1, 0.15) is 17.0 Å². The molecule has 0 spiro atoms. The summed E-state index contributed by atoms with van der Waals surface area (Å²) in [5.74, 6) is 0.854. The molecule has 0 radical (unpaired) electrons. The van der Waals surface area contributed by atoms with Crippen molar-refractivity contribution in [1.82, 2.24) is 9.78 Å². The summed E-state index contributed by atoms with van der Waals surface area (Å²) in [5, 5.41) is 5.03. The lowest BCUT2D eigenvalue weighted by molar-refractivity contribution is 0.414. The third kappa shape index (κ3) is 3.32. The molecule has 5 heteroatoms. The van der Waals surface area contributed by atoms with Crippen molar-refractivity contribution >= 4 is 11.6 Å². The minimum atomic E-state index is 0.00990. The average molecular weight is 294 g/mol. The van der Waals surface area contributed by atoms with Crippen molar-refractivity contribution in [3.63, 3.8) is 0 Å². The second kappa shape index (κ2) is 6.29. The first-order valence-electron chi connectivity index (χ1n) is 6.57. The van der Waals surface area contributed by atoms with Crippen LogP contribution < -0.4 is 10.5 Å². The van der Waals surface area contributed by atoms with Crippen LogP contribution in [0.3, 0.4) is 0 Å². The Morgan fingerprint density at radius 1 is 1.30 bits per heavy atom. The number of benzene rings is 1. The van der Waals surface area contributed by atoms with E-state index in [0.717, 1.165) is 28.6 Å². The normalized spacial score (nSPS) is 12.4. The zero-order valence-corrected chi connectivity index (χ0v) is 12.8. The summed E-state index contributed by atoms with van der Waals surface area (Å²) < 4.78 is 6.95. The molecule has 0 fully saturated rings. The molecule has 2 N–H and O–H groups in total. The Morgan fingerprint density at radius 2 is 1.95 bits per heavy atom. The van der Waals surface area contributed by atoms with Crippen molar-refractivity contribution in [2.45, 2.75) is 25.8 Å². The van der Waals surface area contributed by atoms with Gasteiger partial charge in [0, 0.05) is 19.5 Å². The van der Waals surface area contributed by atoms with Gasteiger partial charge in [0.15, 0.2) is 0 Å². The molecule has 0 aliphatic heterocycles. The highest BCUT2D eigenvalue weighted by Crippen LogP contribution is 2.21. The topological polar surface area (TPSA) is 53.1 Å². The van der Waals surface area contributed by atoms with E-state index in [4.69, 9.17) is 22.1 Å². The smallest absolute Gasteiger partial charge is 0.118 e. The summed E-state index contributed by atoms with van der Waals surface area (Å²) >= 11 is 6.25. The van der Waals surface area contributed by atoms with Gasteiger partial charge in [0.2, 0.25) is 0 Å². The summed E-state index contributed by atoms with van der Waals surface area (Å²) in [4.78, 5) is 0. The predicted molar refractivity (Wildman–Crippen MR) is 81.3 cm³/mol. The number of rotatable bonds is 5. The van der Waals surface area contributed by atoms with Gasteiger partial charge in [-0.25, -0.2) is 0 Å². The van der Waals surface area contributed by atoms with Crippen LogP contribution >= 0.6 is 11.6 Å². The lowest BCUT2D eigenvalue weighted by atomic mass is 10.0. The first kappa shape index (κ1) is 14.9. The van der Waals surface area contributed by atoms with Crippen molar-refractivity contribution in [1.29, 1.82) is 0 Å². The van der Waals surface area contributed by atoms with E-state index in [0.29, 0.717) is 6.42 Å². The largest absolute Gasteiger partial charge is 0.497 e. The van der Waals surface area contributed by atoms with Crippen molar-refractivity contribution in [2.75, 3.05) is 7.11 Å². The second-order valence-electron chi connectivity index (χ2n) is 4.99. The Balaban J connectivity index is 2.02. The number of halogens is 1. The second-order valence-corrected chi connectivity index (χ2v) is 5.36. The Bertz CT molecular complexity index is 578. The molecule has 0 aliphatic carbocycles. The van der Waals surface area contributed by atoms with Gasteiger partial charge >= 0.3 is 0 Å². The molecule has 0 aliphatic rings. The fourth-order valence-corrected chi connectivity index (χ4v) is 2.52. The van der Waals surface area contributed by atoms with Gasteiger partial charge in [-0.1, -0.05) is 23.7 Å². The van der Waals surface area contributed by atoms with Gasteiger partial charge in [-0.3, -0.25) is 4.68 Å². The highest BCUT2D eigenvalue weighted by molar-refractivity contribution is 6.31. The van der Waals surface area contributed by atoms with Gasteiger partial charge < -0.3 is 10.5 Å². The summed E-state index contributed by atoms with van der Waals surface area (Å²) in [7, 11) is 3.56. The Kier molecular flexibility index (Phi) is 4.68. The maximum absolute atomic E-state index is 6.25. The summed E-state index contributed by atoms with van der Waals surface area (Å²) in [6, 6.07) is 7.98. The van der Waals surface area contributed by atoms with E-state index in [2.05, 4.69) is 5.10 Å². The Hall–Kier alpha value is -1.52. The van der Waals surface area contributed by atoms with Crippen LogP contribution in [0.15, 0.2) is 24.3 Å². The molecule has 0 saturated heterocycles. The maximum Gasteiger partial charge on any atom is 0.118 e. The third-order valence-electron chi connectivity index (χ3n) is 3.37. The predicted octanol–water partition coefficient (Wildman–Crippen LogP) is 2.50. The van der Waals surface area contributed by atoms with E-state index in [-0.39, 0.29) is 6.04 Å². The molecule has 0 bridgehead atoms. The fourth-order valence-electron chi connectivity index (χ4n) is 2.29. The van der Waals surface area contributed by atoms with Crippen LogP contribution in [0.2, 0.25) is 5.02 Å². The van der Waals surface area contributed by atoms with E-state index in [1.54, 1.807) is 7.11 Å². The minimum Gasteiger partial charge on any atom is -0.497 e. The quantitative estimate of drug-likeness (QED) is 0.921. The molecular weight excluding hydrogens is 274 g/mol. The van der Waals surface area contributed by atoms with Crippen LogP contribution in [-0.2, 0) is 19.9 Å². The van der Waals surface area contributed by atoms with E-state index < -0.39 is 0 Å². The van der Waals surface area contributed by atoms with Gasteiger partial charge in [-0.05, 0) is 31.0 Å². The van der Waals surface area contributed by atoms with Gasteiger partial charge in [-0.2, -0.15) is 5.10 Å². The monoisotopic (exact) mass is 293 g/mol. The number of aromatic nitrogens is 2. The first-order chi connectivity index (χ1) is 9.51. The number of methoxy groups -OCH3 is 1. The van der Waals surface area contributed by atoms with Crippen molar-refractivity contribution in [3.05, 3.63) is 46.2 Å². The minimum absolute atomic E-state index is 0.00990. The van der Waals surface area contributed by atoms with E-state index in [1.165, 1.54) is 5.56 Å². The van der Waals surface area contributed by atoms with Gasteiger partial charge in [0.25, 0.3) is 0 Å². The van der Waals surface area contributed by atoms with Crippen LogP contribution in [0.5, 0.6) is 5.75 Å². The number of nitrogens with zero attached hydrogens (tertiary/aromatic N) is 2. The molecule has 1 atom stereocenters. The lowest BCUT2D eigenvalue weighted by Gasteiger charge is -2.12. The zero-order chi connectivity index (χ0) is 14.7. The fraction of sp³-hybridized carbons (Fsp3) is 0.400. The summed E-state index contributed by atoms with van der Waals surface area (Å²) in [5.41, 5.74) is 9.25. The van der Waals surface area contributed by atoms with Crippen LogP contribution in [-0.4, -0.2) is 22.9 Å². The molecule has 1 unspecified atom stereocenters. The number of hydrogen-bond acceptors (Lipinski definition) is 3. The van der Waals surface area contributed by atoms with Gasteiger partial charge in [0.05, 0.1) is 23.5 Å². The number of nitrogens with two attached hydrogens (primary N) is 1. The molecule has 0 saturated carbocycles. The van der Waals surface area contributed by atoms with Gasteiger partial charge in [0.1, 0.15) is 5.75 Å². The molecule has 2 rings (SSSR count). The van der Waals surface area contributed by atoms with E-state index in [1.807, 2.05) is 42.9 Å². The molecule has 20 heavy (non-hydrogen) atoms. The number of aryl methyl sites for hydroxylation is 2. The highest BCUT2D eigenvalue weighted by Gasteiger charge is 2.15. The summed E-state index contributed by atoms with van der Waals surface area (Å²) in [6.07, 6.45) is 1.51. The molecule has 1 aromatic carbocycles. The average Bonchev–Trinajstić information content (AvgIpc) is 2.66. The molecule has 0 amide bonds. The van der Waals surface area contributed by atoms with Crippen molar-refractivity contribution in [2.24, 2.45) is 12.8 Å². The highest BCUT2D eigenvalue weighted by atomic mass is 35.5. The third-order valence-corrected chi connectivity index (χ3v) is 3.87. The molecule has 4 nitrogen and oxygen atoms in total. The molecule has 2 aromatic rings. The van der Waals surface area contributed by atoms with Crippen molar-refractivity contribution < 1.29 is 4.74 Å². The van der Waals surface area contributed by atoms with E-state index in [9.17, 15) is 0 Å². The number of hydrogen-bond donors (Lipinski definition) is 1. The first-order valence-corrected chi connectivity index (χ1v) is 6.95. The van der Waals surface area contributed by atoms with Crippen molar-refractivity contribution in [3.8, 4) is 5.75 Å². The standard InChI is InChI=1S/C15H20ClN3O/c1-10-15(16)14(19(2)18-10)9-12(17)8-11-4-6-13(20-3)7-5-11/h4-7,12H,8-9,17H2,1-3H3. The maximum atomic E-state index is 6.25.